The molecule has 28 heavy (non-hydrogen) atoms. The first-order valence-corrected chi connectivity index (χ1v) is 9.77. The highest BCUT2D eigenvalue weighted by atomic mass is 16.5. The first-order chi connectivity index (χ1) is 13.6. The van der Waals surface area contributed by atoms with Gasteiger partial charge in [0, 0.05) is 31.4 Å². The van der Waals surface area contributed by atoms with E-state index in [0.29, 0.717) is 6.61 Å². The fourth-order valence-corrected chi connectivity index (χ4v) is 4.30. The molecule has 8 heteroatoms. The minimum absolute atomic E-state index is 0.117. The second-order valence-corrected chi connectivity index (χ2v) is 8.44. The molecule has 5 heterocycles. The summed E-state index contributed by atoms with van der Waals surface area (Å²) < 4.78 is 9.69. The van der Waals surface area contributed by atoms with E-state index in [9.17, 15) is 0 Å². The molecular formula is C20H25N7O. The van der Waals surface area contributed by atoms with Crippen LogP contribution in [0.1, 0.15) is 36.8 Å². The van der Waals surface area contributed by atoms with Crippen LogP contribution in [0.25, 0.3) is 5.82 Å². The zero-order chi connectivity index (χ0) is 19.1. The first kappa shape index (κ1) is 17.5. The molecule has 146 valence electrons. The van der Waals surface area contributed by atoms with Gasteiger partial charge in [-0.05, 0) is 24.0 Å². The van der Waals surface area contributed by atoms with Gasteiger partial charge in [0.25, 0.3) is 0 Å². The van der Waals surface area contributed by atoms with Gasteiger partial charge in [0.15, 0.2) is 11.6 Å². The maximum absolute atomic E-state index is 5.49. The van der Waals surface area contributed by atoms with Crippen molar-refractivity contribution in [3.05, 3.63) is 53.5 Å². The summed E-state index contributed by atoms with van der Waals surface area (Å²) in [7, 11) is 0. The Morgan fingerprint density at radius 2 is 2.14 bits per heavy atom. The normalized spacial score (nSPS) is 19.1. The third-order valence-corrected chi connectivity index (χ3v) is 5.47. The highest BCUT2D eigenvalue weighted by Gasteiger charge is 2.32. The zero-order valence-corrected chi connectivity index (χ0v) is 16.4. The number of hydrogen-bond donors (Lipinski definition) is 0. The zero-order valence-electron chi connectivity index (χ0n) is 16.4. The van der Waals surface area contributed by atoms with E-state index in [-0.39, 0.29) is 5.41 Å². The maximum atomic E-state index is 5.49. The molecule has 0 aromatic carbocycles. The van der Waals surface area contributed by atoms with Crippen LogP contribution >= 0.6 is 0 Å². The number of nitrogens with zero attached hydrogens (tertiary/aromatic N) is 7. The van der Waals surface area contributed by atoms with Crippen molar-refractivity contribution in [2.75, 3.05) is 13.2 Å². The van der Waals surface area contributed by atoms with Gasteiger partial charge in [0.1, 0.15) is 12.4 Å². The molecule has 0 amide bonds. The Morgan fingerprint density at radius 3 is 3.00 bits per heavy atom. The van der Waals surface area contributed by atoms with Crippen molar-refractivity contribution < 1.29 is 4.74 Å². The van der Waals surface area contributed by atoms with Crippen molar-refractivity contribution in [2.24, 2.45) is 5.41 Å². The van der Waals surface area contributed by atoms with Crippen LogP contribution in [0, 0.1) is 5.41 Å². The summed E-state index contributed by atoms with van der Waals surface area (Å²) in [5.41, 5.74) is 2.63. The smallest absolute Gasteiger partial charge is 0.159 e. The Hall–Kier alpha value is -2.58. The fourth-order valence-electron chi connectivity index (χ4n) is 4.30. The van der Waals surface area contributed by atoms with Crippen LogP contribution in [0.15, 0.2) is 30.6 Å². The molecule has 3 aromatic heterocycles. The largest absolute Gasteiger partial charge is 0.372 e. The molecule has 5 rings (SSSR count). The number of hydrogen-bond acceptors (Lipinski definition) is 6. The van der Waals surface area contributed by atoms with Crippen LogP contribution in [0.5, 0.6) is 0 Å². The third kappa shape index (κ3) is 3.22. The summed E-state index contributed by atoms with van der Waals surface area (Å²) in [5.74, 6) is 2.83. The van der Waals surface area contributed by atoms with Gasteiger partial charge in [-0.1, -0.05) is 19.9 Å². The number of rotatable bonds is 3. The van der Waals surface area contributed by atoms with E-state index in [0.717, 1.165) is 56.7 Å². The van der Waals surface area contributed by atoms with Crippen molar-refractivity contribution in [1.82, 2.24) is 34.4 Å². The highest BCUT2D eigenvalue weighted by molar-refractivity contribution is 5.30. The summed E-state index contributed by atoms with van der Waals surface area (Å²) in [6, 6.07) is 5.94. The summed E-state index contributed by atoms with van der Waals surface area (Å²) in [6.45, 7) is 9.37. The van der Waals surface area contributed by atoms with E-state index in [2.05, 4.69) is 43.6 Å². The lowest BCUT2D eigenvalue weighted by atomic mass is 9.87. The van der Waals surface area contributed by atoms with Gasteiger partial charge in [-0.3, -0.25) is 4.90 Å². The molecule has 0 N–H and O–H groups in total. The predicted octanol–water partition coefficient (Wildman–Crippen LogP) is 1.97. The van der Waals surface area contributed by atoms with Gasteiger partial charge < -0.3 is 9.30 Å². The Labute approximate surface area is 164 Å². The lowest BCUT2D eigenvalue weighted by Crippen LogP contribution is -2.34. The monoisotopic (exact) mass is 379 g/mol. The predicted molar refractivity (Wildman–Crippen MR) is 103 cm³/mol. The molecule has 8 nitrogen and oxygen atoms in total. The van der Waals surface area contributed by atoms with Gasteiger partial charge in [0.05, 0.1) is 25.0 Å². The lowest BCUT2D eigenvalue weighted by molar-refractivity contribution is 0.0788. The second-order valence-electron chi connectivity index (χ2n) is 8.44. The second kappa shape index (κ2) is 6.79. The molecule has 2 aliphatic heterocycles. The van der Waals surface area contributed by atoms with Crippen LogP contribution in [-0.4, -0.2) is 47.6 Å². The Kier molecular flexibility index (Phi) is 4.25. The van der Waals surface area contributed by atoms with Gasteiger partial charge in [-0.25, -0.2) is 9.67 Å². The summed E-state index contributed by atoms with van der Waals surface area (Å²) in [6.07, 6.45) is 4.77. The summed E-state index contributed by atoms with van der Waals surface area (Å²) >= 11 is 0. The molecule has 0 saturated carbocycles. The molecule has 0 fully saturated rings. The van der Waals surface area contributed by atoms with E-state index >= 15 is 0 Å². The molecule has 0 radical (unpaired) electrons. The Morgan fingerprint density at radius 1 is 1.21 bits per heavy atom. The van der Waals surface area contributed by atoms with Crippen molar-refractivity contribution in [1.29, 1.82) is 0 Å². The highest BCUT2D eigenvalue weighted by Crippen LogP contribution is 2.32. The van der Waals surface area contributed by atoms with Gasteiger partial charge in [-0.2, -0.15) is 5.10 Å². The topological polar surface area (TPSA) is 73.9 Å². The number of ether oxygens (including phenoxy) is 1. The average Bonchev–Trinajstić information content (AvgIpc) is 3.23. The van der Waals surface area contributed by atoms with E-state index < -0.39 is 0 Å². The van der Waals surface area contributed by atoms with E-state index in [1.165, 1.54) is 11.3 Å². The molecular weight excluding hydrogens is 354 g/mol. The van der Waals surface area contributed by atoms with Crippen molar-refractivity contribution in [2.45, 2.75) is 46.5 Å². The van der Waals surface area contributed by atoms with E-state index in [1.807, 2.05) is 35.3 Å². The molecule has 3 aromatic rings. The Bertz CT molecular complexity index is 976. The minimum Gasteiger partial charge on any atom is -0.372 e. The minimum atomic E-state index is 0.117. The molecule has 0 atom stereocenters. The summed E-state index contributed by atoms with van der Waals surface area (Å²) in [4.78, 5) is 6.95. The third-order valence-electron chi connectivity index (χ3n) is 5.47. The van der Waals surface area contributed by atoms with Crippen LogP contribution in [0.3, 0.4) is 0 Å². The summed E-state index contributed by atoms with van der Waals surface area (Å²) in [5, 5.41) is 13.4. The SMILES string of the molecule is CC1(C)Cc2c(cnn2-c2ccccn2)CN(Cc2nnc3n2CCOC3)C1. The first-order valence-electron chi connectivity index (χ1n) is 9.77. The van der Waals surface area contributed by atoms with Crippen LogP contribution in [-0.2, 0) is 37.4 Å². The number of pyridine rings is 1. The van der Waals surface area contributed by atoms with Gasteiger partial charge >= 0.3 is 0 Å². The molecule has 2 aliphatic rings. The van der Waals surface area contributed by atoms with Crippen molar-refractivity contribution in [3.63, 3.8) is 0 Å². The number of aromatic nitrogens is 6. The molecule has 0 spiro atoms. The molecule has 0 bridgehead atoms. The Balaban J connectivity index is 1.45. The van der Waals surface area contributed by atoms with Gasteiger partial charge in [0.2, 0.25) is 0 Å². The van der Waals surface area contributed by atoms with Gasteiger partial charge in [-0.15, -0.1) is 10.2 Å². The fraction of sp³-hybridized carbons (Fsp3) is 0.500. The standard InChI is InChI=1S/C20H25N7O/c1-20(2)9-16-15(10-22-27(16)17-5-3-4-6-21-17)11-25(14-20)12-18-23-24-19-13-28-8-7-26(18)19/h3-6,10H,7-9,11-14H2,1-2H3. The average molecular weight is 379 g/mol. The van der Waals surface area contributed by atoms with E-state index in [4.69, 9.17) is 4.74 Å². The molecule has 0 saturated heterocycles. The van der Waals surface area contributed by atoms with Crippen LogP contribution < -0.4 is 0 Å². The lowest BCUT2D eigenvalue weighted by Gasteiger charge is -2.29. The molecule has 0 aliphatic carbocycles. The van der Waals surface area contributed by atoms with E-state index in [1.54, 1.807) is 0 Å². The quantitative estimate of drug-likeness (QED) is 0.693. The maximum Gasteiger partial charge on any atom is 0.159 e. The van der Waals surface area contributed by atoms with Crippen molar-refractivity contribution in [3.8, 4) is 5.82 Å². The van der Waals surface area contributed by atoms with Crippen LogP contribution in [0.4, 0.5) is 0 Å². The number of fused-ring (bicyclic) bond motifs is 2. The van der Waals surface area contributed by atoms with Crippen molar-refractivity contribution >= 4 is 0 Å². The molecule has 0 unspecified atom stereocenters. The van der Waals surface area contributed by atoms with Crippen LogP contribution in [0.2, 0.25) is 0 Å².